The fraction of sp³-hybridized carbons (Fsp3) is 0.607. The summed E-state index contributed by atoms with van der Waals surface area (Å²) < 4.78 is 60.7. The third-order valence-electron chi connectivity index (χ3n) is 8.57. The number of nitriles is 1. The van der Waals surface area contributed by atoms with Gasteiger partial charge in [-0.05, 0) is 54.3 Å². The van der Waals surface area contributed by atoms with Gasteiger partial charge in [0.2, 0.25) is 17.8 Å². The molecule has 228 valence electrons. The second-order valence-electron chi connectivity index (χ2n) is 12.0. The van der Waals surface area contributed by atoms with Crippen molar-refractivity contribution < 1.29 is 31.8 Å². The van der Waals surface area contributed by atoms with E-state index in [1.807, 2.05) is 6.07 Å². The van der Waals surface area contributed by atoms with E-state index in [2.05, 4.69) is 31.0 Å². The number of hydrogen-bond acceptors (Lipinski definition) is 8. The van der Waals surface area contributed by atoms with Crippen LogP contribution in [0.3, 0.4) is 0 Å². The van der Waals surface area contributed by atoms with Crippen molar-refractivity contribution in [3.8, 4) is 6.07 Å². The lowest BCUT2D eigenvalue weighted by Crippen LogP contribution is -2.39. The molecule has 0 aliphatic heterocycles. The van der Waals surface area contributed by atoms with Gasteiger partial charge in [0.1, 0.15) is 5.69 Å². The zero-order chi connectivity index (χ0) is 30.4. The monoisotopic (exact) mass is 602 g/mol. The number of alkyl halides is 4. The highest BCUT2D eigenvalue weighted by atomic mass is 19.3. The van der Waals surface area contributed by atoms with E-state index in [1.165, 1.54) is 10.7 Å². The zero-order valence-electron chi connectivity index (χ0n) is 23.1. The third kappa shape index (κ3) is 6.47. The van der Waals surface area contributed by atoms with E-state index in [-0.39, 0.29) is 68.9 Å². The normalized spacial score (nSPS) is 21.5. The van der Waals surface area contributed by atoms with Crippen LogP contribution in [0.5, 0.6) is 0 Å². The van der Waals surface area contributed by atoms with E-state index >= 15 is 0 Å². The van der Waals surface area contributed by atoms with Crippen LogP contribution < -0.4 is 10.6 Å². The maximum absolute atomic E-state index is 14.0. The van der Waals surface area contributed by atoms with Crippen LogP contribution in [-0.4, -0.2) is 48.6 Å². The number of carbonyl (C=O) groups is 2. The molecular formula is C28H30F4N8O3. The molecule has 3 aliphatic rings. The first-order valence-electron chi connectivity index (χ1n) is 14.4. The van der Waals surface area contributed by atoms with Crippen molar-refractivity contribution in [2.45, 2.75) is 94.1 Å². The minimum Gasteiger partial charge on any atom is -0.348 e. The van der Waals surface area contributed by atoms with Gasteiger partial charge >= 0.3 is 0 Å². The number of hydrogen-bond donors (Lipinski definition) is 2. The van der Waals surface area contributed by atoms with Crippen LogP contribution in [0.2, 0.25) is 0 Å². The molecule has 11 nitrogen and oxygen atoms in total. The minimum absolute atomic E-state index is 0.0635. The Morgan fingerprint density at radius 2 is 1.84 bits per heavy atom. The summed E-state index contributed by atoms with van der Waals surface area (Å²) in [5, 5.41) is 27.1. The molecular weight excluding hydrogens is 572 g/mol. The molecule has 3 aromatic heterocycles. The fourth-order valence-corrected chi connectivity index (χ4v) is 6.05. The maximum atomic E-state index is 14.0. The molecule has 0 radical (unpaired) electrons. The summed E-state index contributed by atoms with van der Waals surface area (Å²) in [7, 11) is 0. The van der Waals surface area contributed by atoms with Crippen molar-refractivity contribution in [2.75, 3.05) is 0 Å². The fourth-order valence-electron chi connectivity index (χ4n) is 6.05. The number of carbonyl (C=O) groups excluding carboxylic acids is 2. The molecule has 15 heteroatoms. The Hall–Kier alpha value is -4.09. The topological polar surface area (TPSA) is 151 Å². The van der Waals surface area contributed by atoms with Gasteiger partial charge in [0.15, 0.2) is 11.3 Å². The average Bonchev–Trinajstić information content (AvgIpc) is 3.50. The molecule has 0 unspecified atom stereocenters. The molecule has 43 heavy (non-hydrogen) atoms. The Bertz CT molecular complexity index is 1540. The Balaban J connectivity index is 1.23. The molecule has 0 saturated heterocycles. The van der Waals surface area contributed by atoms with Crippen LogP contribution in [0.15, 0.2) is 23.1 Å². The highest BCUT2D eigenvalue weighted by Crippen LogP contribution is 2.44. The summed E-state index contributed by atoms with van der Waals surface area (Å²) in [6, 6.07) is 2.19. The van der Waals surface area contributed by atoms with Gasteiger partial charge in [-0.15, -0.1) is 0 Å². The third-order valence-corrected chi connectivity index (χ3v) is 8.57. The van der Waals surface area contributed by atoms with Crippen LogP contribution in [0.25, 0.3) is 5.65 Å². The zero-order valence-corrected chi connectivity index (χ0v) is 23.1. The van der Waals surface area contributed by atoms with Crippen LogP contribution in [-0.2, 0) is 4.79 Å². The van der Waals surface area contributed by atoms with E-state index in [0.717, 1.165) is 12.8 Å². The van der Waals surface area contributed by atoms with Gasteiger partial charge in [-0.1, -0.05) is 5.16 Å². The Kier molecular flexibility index (Phi) is 7.55. The van der Waals surface area contributed by atoms with Crippen LogP contribution in [0.1, 0.15) is 110 Å². The second kappa shape index (κ2) is 11.2. The van der Waals surface area contributed by atoms with Crippen LogP contribution in [0.4, 0.5) is 17.6 Å². The molecule has 3 saturated carbocycles. The maximum Gasteiger partial charge on any atom is 0.276 e. The average molecular weight is 603 g/mol. The van der Waals surface area contributed by atoms with Gasteiger partial charge in [0.25, 0.3) is 5.91 Å². The number of nitrogens with one attached hydrogen (secondary N) is 2. The van der Waals surface area contributed by atoms with Crippen molar-refractivity contribution in [2.24, 2.45) is 11.8 Å². The largest absolute Gasteiger partial charge is 0.348 e. The first kappa shape index (κ1) is 29.0. The summed E-state index contributed by atoms with van der Waals surface area (Å²) in [6.07, 6.45) is 3.72. The first-order valence-corrected chi connectivity index (χ1v) is 14.4. The number of aromatic nitrogens is 5. The summed E-state index contributed by atoms with van der Waals surface area (Å²) in [5.74, 6) is -7.10. The number of halogens is 4. The van der Waals surface area contributed by atoms with Crippen molar-refractivity contribution in [3.63, 3.8) is 0 Å². The number of imidazole rings is 1. The quantitative estimate of drug-likeness (QED) is 0.314. The van der Waals surface area contributed by atoms with Gasteiger partial charge in [-0.3, -0.25) is 9.59 Å². The van der Waals surface area contributed by atoms with Crippen molar-refractivity contribution in [1.29, 1.82) is 5.26 Å². The van der Waals surface area contributed by atoms with Crippen LogP contribution in [0, 0.1) is 23.2 Å². The number of fused-ring (bicyclic) bond motifs is 1. The van der Waals surface area contributed by atoms with Crippen LogP contribution >= 0.6 is 0 Å². The Morgan fingerprint density at radius 1 is 1.09 bits per heavy atom. The molecule has 0 bridgehead atoms. The minimum atomic E-state index is -2.77. The molecule has 0 aromatic carbocycles. The molecule has 3 fully saturated rings. The molecule has 2 amide bonds. The lowest BCUT2D eigenvalue weighted by Gasteiger charge is -2.34. The predicted molar refractivity (Wildman–Crippen MR) is 140 cm³/mol. The van der Waals surface area contributed by atoms with Crippen molar-refractivity contribution in [1.82, 2.24) is 35.5 Å². The molecule has 6 rings (SSSR count). The summed E-state index contributed by atoms with van der Waals surface area (Å²) >= 11 is 0. The molecule has 3 aromatic rings. The molecule has 2 N–H and O–H groups in total. The molecule has 3 heterocycles. The SMILES string of the molecule is N#CC[C@H](NC(=O)CC1CC(F)(F)C1)c1cnn2cc([C@@H](NC(=O)c3nonc3C3CC3)C3CCC(F)(F)CC3)nc2c1. The van der Waals surface area contributed by atoms with E-state index in [1.54, 1.807) is 12.3 Å². The Morgan fingerprint density at radius 3 is 2.51 bits per heavy atom. The van der Waals surface area contributed by atoms with Gasteiger partial charge in [0, 0.05) is 38.0 Å². The van der Waals surface area contributed by atoms with Gasteiger partial charge in [-0.25, -0.2) is 31.7 Å². The van der Waals surface area contributed by atoms with E-state index < -0.39 is 41.7 Å². The Labute approximate surface area is 243 Å². The molecule has 2 atom stereocenters. The lowest BCUT2D eigenvalue weighted by atomic mass is 9.79. The highest BCUT2D eigenvalue weighted by molar-refractivity contribution is 5.93. The predicted octanol–water partition coefficient (Wildman–Crippen LogP) is 4.79. The smallest absolute Gasteiger partial charge is 0.276 e. The molecule has 3 aliphatic carbocycles. The number of nitrogens with zero attached hydrogens (tertiary/aromatic N) is 6. The lowest BCUT2D eigenvalue weighted by molar-refractivity contribution is -0.134. The number of amides is 2. The van der Waals surface area contributed by atoms with E-state index in [4.69, 9.17) is 4.63 Å². The summed E-state index contributed by atoms with van der Waals surface area (Å²) in [4.78, 5) is 30.5. The van der Waals surface area contributed by atoms with Gasteiger partial charge in [0.05, 0.1) is 42.7 Å². The molecule has 0 spiro atoms. The van der Waals surface area contributed by atoms with Crippen molar-refractivity contribution >= 4 is 17.5 Å². The summed E-state index contributed by atoms with van der Waals surface area (Å²) in [6.45, 7) is 0. The highest BCUT2D eigenvalue weighted by Gasteiger charge is 2.46. The summed E-state index contributed by atoms with van der Waals surface area (Å²) in [5.41, 5.74) is 1.79. The van der Waals surface area contributed by atoms with Gasteiger partial charge in [-0.2, -0.15) is 10.4 Å². The van der Waals surface area contributed by atoms with Crippen molar-refractivity contribution in [3.05, 3.63) is 41.1 Å². The first-order chi connectivity index (χ1) is 20.5. The number of rotatable bonds is 10. The van der Waals surface area contributed by atoms with E-state index in [0.29, 0.717) is 22.6 Å². The van der Waals surface area contributed by atoms with E-state index in [9.17, 15) is 32.4 Å². The standard InChI is InChI=1S/C28H30F4N8O3/c29-27(30)6-3-17(4-7-27)23(37-26(42)25-24(16-1-2-16)38-43-39-25)20-14-40-21(35-20)10-18(13-34-40)19(5-8-33)36-22(41)9-15-11-28(31,32)12-15/h10,13-17,19,23H,1-7,9,11-12H2,(H,36,41)(H,37,42)/t19-,23-/m0/s1. The van der Waals surface area contributed by atoms with Gasteiger partial charge < -0.3 is 10.6 Å². The second-order valence-corrected chi connectivity index (χ2v) is 12.0.